The van der Waals surface area contributed by atoms with Crippen LogP contribution in [0.2, 0.25) is 0 Å². The summed E-state index contributed by atoms with van der Waals surface area (Å²) in [4.78, 5) is 16.9. The van der Waals surface area contributed by atoms with E-state index in [1.807, 2.05) is 0 Å². The Balaban J connectivity index is 1.91. The first-order valence-electron chi connectivity index (χ1n) is 7.51. The third-order valence-electron chi connectivity index (χ3n) is 4.04. The number of anilines is 1. The zero-order chi connectivity index (χ0) is 16.1. The number of nitro groups is 1. The molecule has 1 aromatic rings. The Labute approximate surface area is 130 Å². The highest BCUT2D eigenvalue weighted by Gasteiger charge is 2.21. The number of β-amino-alcohol motifs (C(OH)–C–C–N with tert-alkyl or cyclic N) is 1. The van der Waals surface area contributed by atoms with Gasteiger partial charge < -0.3 is 14.9 Å². The zero-order valence-corrected chi connectivity index (χ0v) is 13.2. The minimum Gasteiger partial charge on any atom is -0.390 e. The Morgan fingerprint density at radius 2 is 1.95 bits per heavy atom. The normalized spacial score (nSPS) is 18.1. The summed E-state index contributed by atoms with van der Waals surface area (Å²) in [6.07, 6.45) is -0.534. The monoisotopic (exact) mass is 308 g/mol. The van der Waals surface area contributed by atoms with Crippen molar-refractivity contribution in [2.45, 2.75) is 6.10 Å². The fourth-order valence-electron chi connectivity index (χ4n) is 2.74. The van der Waals surface area contributed by atoms with E-state index in [1.165, 1.54) is 6.07 Å². The van der Waals surface area contributed by atoms with Crippen LogP contribution >= 0.6 is 0 Å². The number of para-hydroxylation sites is 2. The molecule has 0 bridgehead atoms. The third kappa shape index (κ3) is 4.40. The van der Waals surface area contributed by atoms with Gasteiger partial charge in [0.1, 0.15) is 5.69 Å². The van der Waals surface area contributed by atoms with Crippen LogP contribution in [-0.4, -0.2) is 79.3 Å². The molecule has 0 spiro atoms. The molecule has 1 saturated heterocycles. The Kier molecular flexibility index (Phi) is 5.70. The number of aliphatic hydroxyl groups excluding tert-OH is 1. The van der Waals surface area contributed by atoms with Crippen LogP contribution in [0, 0.1) is 10.1 Å². The summed E-state index contributed by atoms with van der Waals surface area (Å²) in [6, 6.07) is 6.61. The second-order valence-electron chi connectivity index (χ2n) is 5.88. The summed E-state index contributed by atoms with van der Waals surface area (Å²) in [7, 11) is 3.87. The van der Waals surface area contributed by atoms with E-state index in [2.05, 4.69) is 16.8 Å². The number of piperazine rings is 1. The SMILES string of the molecule is CN1CCN(CC(O)CN(C)c2ccccc2[N+](=O)[O-])CC1. The van der Waals surface area contributed by atoms with Crippen molar-refractivity contribution in [1.29, 1.82) is 0 Å². The molecule has 2 rings (SSSR count). The van der Waals surface area contributed by atoms with Gasteiger partial charge in [-0.1, -0.05) is 12.1 Å². The van der Waals surface area contributed by atoms with E-state index in [0.717, 1.165) is 26.2 Å². The van der Waals surface area contributed by atoms with Gasteiger partial charge in [0.05, 0.1) is 11.0 Å². The number of hydrogen-bond donors (Lipinski definition) is 1. The molecular formula is C15H24N4O3. The molecule has 7 heteroatoms. The summed E-state index contributed by atoms with van der Waals surface area (Å²) in [6.45, 7) is 4.88. The molecule has 0 aromatic heterocycles. The second kappa shape index (κ2) is 7.53. The zero-order valence-electron chi connectivity index (χ0n) is 13.2. The number of rotatable bonds is 6. The number of benzene rings is 1. The second-order valence-corrected chi connectivity index (χ2v) is 5.88. The lowest BCUT2D eigenvalue weighted by atomic mass is 10.2. The molecule has 22 heavy (non-hydrogen) atoms. The van der Waals surface area contributed by atoms with Crippen LogP contribution in [0.5, 0.6) is 0 Å². The predicted octanol–water partition coefficient (Wildman–Crippen LogP) is 0.639. The maximum Gasteiger partial charge on any atom is 0.292 e. The Bertz CT molecular complexity index is 503. The molecule has 1 atom stereocenters. The molecule has 1 aromatic carbocycles. The van der Waals surface area contributed by atoms with Crippen molar-refractivity contribution >= 4 is 11.4 Å². The van der Waals surface area contributed by atoms with Crippen LogP contribution in [-0.2, 0) is 0 Å². The highest BCUT2D eigenvalue weighted by molar-refractivity contribution is 5.62. The molecule has 1 aliphatic rings. The highest BCUT2D eigenvalue weighted by Crippen LogP contribution is 2.26. The van der Waals surface area contributed by atoms with Crippen molar-refractivity contribution in [1.82, 2.24) is 9.80 Å². The first kappa shape index (κ1) is 16.7. The molecule has 0 amide bonds. The van der Waals surface area contributed by atoms with Crippen LogP contribution in [0.15, 0.2) is 24.3 Å². The average Bonchev–Trinajstić information content (AvgIpc) is 2.49. The lowest BCUT2D eigenvalue weighted by molar-refractivity contribution is -0.384. The van der Waals surface area contributed by atoms with E-state index in [0.29, 0.717) is 18.8 Å². The van der Waals surface area contributed by atoms with E-state index in [4.69, 9.17) is 0 Å². The molecule has 122 valence electrons. The van der Waals surface area contributed by atoms with E-state index >= 15 is 0 Å². The molecule has 0 radical (unpaired) electrons. The molecule has 7 nitrogen and oxygen atoms in total. The van der Waals surface area contributed by atoms with Gasteiger partial charge in [-0.3, -0.25) is 15.0 Å². The first-order chi connectivity index (χ1) is 10.5. The van der Waals surface area contributed by atoms with E-state index in [-0.39, 0.29) is 5.69 Å². The van der Waals surface area contributed by atoms with Crippen molar-refractivity contribution < 1.29 is 10.0 Å². The van der Waals surface area contributed by atoms with E-state index < -0.39 is 11.0 Å². The van der Waals surface area contributed by atoms with Crippen molar-refractivity contribution in [3.05, 3.63) is 34.4 Å². The third-order valence-corrected chi connectivity index (χ3v) is 4.04. The Morgan fingerprint density at radius 3 is 2.59 bits per heavy atom. The molecule has 1 aliphatic heterocycles. The number of likely N-dealkylation sites (N-methyl/N-ethyl adjacent to an activating group) is 2. The smallest absolute Gasteiger partial charge is 0.292 e. The molecule has 0 aliphatic carbocycles. The summed E-state index contributed by atoms with van der Waals surface area (Å²) in [5, 5.41) is 21.3. The number of nitrogens with zero attached hydrogens (tertiary/aromatic N) is 4. The fraction of sp³-hybridized carbons (Fsp3) is 0.600. The quantitative estimate of drug-likeness (QED) is 0.614. The standard InChI is InChI=1S/C15H24N4O3/c1-16-7-9-18(10-8-16)12-13(20)11-17(2)14-5-3-4-6-15(14)19(21)22/h3-6,13,20H,7-12H2,1-2H3. The lowest BCUT2D eigenvalue weighted by Crippen LogP contribution is -2.48. The van der Waals surface area contributed by atoms with Gasteiger partial charge in [-0.15, -0.1) is 0 Å². The van der Waals surface area contributed by atoms with Crippen LogP contribution in [0.25, 0.3) is 0 Å². The summed E-state index contributed by atoms with van der Waals surface area (Å²) < 4.78 is 0. The molecule has 1 fully saturated rings. The molecule has 1 N–H and O–H groups in total. The maximum atomic E-state index is 11.1. The molecule has 1 heterocycles. The van der Waals surface area contributed by atoms with Gasteiger partial charge in [0.25, 0.3) is 5.69 Å². The van der Waals surface area contributed by atoms with Crippen molar-refractivity contribution in [2.24, 2.45) is 0 Å². The van der Waals surface area contributed by atoms with Gasteiger partial charge in [-0.05, 0) is 13.1 Å². The number of hydrogen-bond acceptors (Lipinski definition) is 6. The number of aliphatic hydroxyl groups is 1. The minimum absolute atomic E-state index is 0.0665. The van der Waals surface area contributed by atoms with E-state index in [9.17, 15) is 15.2 Å². The summed E-state index contributed by atoms with van der Waals surface area (Å²) >= 11 is 0. The van der Waals surface area contributed by atoms with Gasteiger partial charge in [0.15, 0.2) is 0 Å². The van der Waals surface area contributed by atoms with Gasteiger partial charge in [-0.25, -0.2) is 0 Å². The van der Waals surface area contributed by atoms with Gasteiger partial charge >= 0.3 is 0 Å². The number of nitro benzene ring substituents is 1. The summed E-state index contributed by atoms with van der Waals surface area (Å²) in [5.74, 6) is 0. The van der Waals surface area contributed by atoms with Crippen LogP contribution in [0.1, 0.15) is 0 Å². The van der Waals surface area contributed by atoms with Crippen LogP contribution in [0.4, 0.5) is 11.4 Å². The molecular weight excluding hydrogens is 284 g/mol. The predicted molar refractivity (Wildman–Crippen MR) is 86.3 cm³/mol. The Morgan fingerprint density at radius 1 is 1.32 bits per heavy atom. The minimum atomic E-state index is -0.534. The summed E-state index contributed by atoms with van der Waals surface area (Å²) in [5.41, 5.74) is 0.599. The van der Waals surface area contributed by atoms with Crippen molar-refractivity contribution in [3.63, 3.8) is 0 Å². The fourth-order valence-corrected chi connectivity index (χ4v) is 2.74. The van der Waals surface area contributed by atoms with Gasteiger partial charge in [0, 0.05) is 52.4 Å². The average molecular weight is 308 g/mol. The highest BCUT2D eigenvalue weighted by atomic mass is 16.6. The lowest BCUT2D eigenvalue weighted by Gasteiger charge is -2.34. The largest absolute Gasteiger partial charge is 0.390 e. The van der Waals surface area contributed by atoms with Gasteiger partial charge in [-0.2, -0.15) is 0 Å². The van der Waals surface area contributed by atoms with Crippen LogP contribution in [0.3, 0.4) is 0 Å². The molecule has 1 unspecified atom stereocenters. The van der Waals surface area contributed by atoms with Crippen LogP contribution < -0.4 is 4.90 Å². The Hall–Kier alpha value is -1.70. The first-order valence-corrected chi connectivity index (χ1v) is 7.51. The maximum absolute atomic E-state index is 11.1. The van der Waals surface area contributed by atoms with E-state index in [1.54, 1.807) is 30.1 Å². The van der Waals surface area contributed by atoms with Crippen molar-refractivity contribution in [3.8, 4) is 0 Å². The molecule has 0 saturated carbocycles. The topological polar surface area (TPSA) is 73.1 Å². The van der Waals surface area contributed by atoms with Gasteiger partial charge in [0.2, 0.25) is 0 Å². The van der Waals surface area contributed by atoms with Crippen molar-refractivity contribution in [2.75, 3.05) is 58.3 Å².